The predicted octanol–water partition coefficient (Wildman–Crippen LogP) is 2.95. The van der Waals surface area contributed by atoms with E-state index in [4.69, 9.17) is 9.47 Å². The van der Waals surface area contributed by atoms with Gasteiger partial charge in [0.2, 0.25) is 0 Å². The normalized spacial score (nSPS) is 16.6. The first-order chi connectivity index (χ1) is 8.85. The topological polar surface area (TPSA) is 30.5 Å². The molecule has 0 saturated carbocycles. The molecule has 3 heteroatoms. The van der Waals surface area contributed by atoms with Crippen molar-refractivity contribution in [3.05, 3.63) is 23.8 Å². The highest BCUT2D eigenvalue weighted by Gasteiger charge is 2.19. The number of piperidine rings is 1. The molecule has 0 bridgehead atoms. The zero-order chi connectivity index (χ0) is 12.8. The van der Waals surface area contributed by atoms with Gasteiger partial charge in [-0.1, -0.05) is 0 Å². The summed E-state index contributed by atoms with van der Waals surface area (Å²) >= 11 is 0. The highest BCUT2D eigenvalue weighted by atomic mass is 16.5. The molecule has 1 aromatic carbocycles. The molecule has 0 aliphatic carbocycles. The van der Waals surface area contributed by atoms with E-state index in [0.717, 1.165) is 24.6 Å². The van der Waals surface area contributed by atoms with Gasteiger partial charge in [-0.15, -0.1) is 0 Å². The van der Waals surface area contributed by atoms with E-state index in [1.54, 1.807) is 0 Å². The fraction of sp³-hybridized carbons (Fsp3) is 0.600. The lowest BCUT2D eigenvalue weighted by Gasteiger charge is -2.25. The summed E-state index contributed by atoms with van der Waals surface area (Å²) in [7, 11) is 0. The fourth-order valence-electron chi connectivity index (χ4n) is 2.52. The number of rotatable bonds is 5. The molecule has 1 fully saturated rings. The predicted molar refractivity (Wildman–Crippen MR) is 73.6 cm³/mol. The van der Waals surface area contributed by atoms with Gasteiger partial charge in [-0.2, -0.15) is 0 Å². The molecule has 1 aromatic rings. The summed E-state index contributed by atoms with van der Waals surface area (Å²) in [5.41, 5.74) is 1.31. The van der Waals surface area contributed by atoms with E-state index < -0.39 is 0 Å². The summed E-state index contributed by atoms with van der Waals surface area (Å²) < 4.78 is 11.3. The smallest absolute Gasteiger partial charge is 0.123 e. The van der Waals surface area contributed by atoms with Gasteiger partial charge in [0.25, 0.3) is 0 Å². The van der Waals surface area contributed by atoms with Gasteiger partial charge < -0.3 is 14.8 Å². The van der Waals surface area contributed by atoms with Crippen molar-refractivity contribution in [1.82, 2.24) is 5.32 Å². The lowest BCUT2D eigenvalue weighted by molar-refractivity contribution is 0.321. The Bertz CT molecular complexity index is 373. The summed E-state index contributed by atoms with van der Waals surface area (Å²) in [5, 5.41) is 3.40. The molecule has 1 saturated heterocycles. The third-order valence-electron chi connectivity index (χ3n) is 3.37. The monoisotopic (exact) mass is 249 g/mol. The van der Waals surface area contributed by atoms with Crippen LogP contribution in [0.2, 0.25) is 0 Å². The molecule has 3 nitrogen and oxygen atoms in total. The Kier molecular flexibility index (Phi) is 4.88. The van der Waals surface area contributed by atoms with Crippen molar-refractivity contribution < 1.29 is 9.47 Å². The van der Waals surface area contributed by atoms with Crippen LogP contribution in [0.25, 0.3) is 0 Å². The number of nitrogens with one attached hydrogen (secondary N) is 1. The molecular weight excluding hydrogens is 226 g/mol. The summed E-state index contributed by atoms with van der Waals surface area (Å²) in [5.74, 6) is 2.57. The van der Waals surface area contributed by atoms with Crippen LogP contribution in [0.15, 0.2) is 18.2 Å². The number of benzene rings is 1. The van der Waals surface area contributed by atoms with Gasteiger partial charge in [0, 0.05) is 5.56 Å². The molecule has 0 unspecified atom stereocenters. The van der Waals surface area contributed by atoms with Gasteiger partial charge in [0.05, 0.1) is 13.2 Å². The first-order valence-corrected chi connectivity index (χ1v) is 6.95. The van der Waals surface area contributed by atoms with Crippen LogP contribution in [0.5, 0.6) is 11.5 Å². The van der Waals surface area contributed by atoms with Crippen LogP contribution in [-0.2, 0) is 0 Å². The van der Waals surface area contributed by atoms with Crippen molar-refractivity contribution in [2.24, 2.45) is 0 Å². The maximum Gasteiger partial charge on any atom is 0.123 e. The first-order valence-electron chi connectivity index (χ1n) is 6.95. The third kappa shape index (κ3) is 3.16. The van der Waals surface area contributed by atoms with Crippen LogP contribution >= 0.6 is 0 Å². The lowest BCUT2D eigenvalue weighted by atomic mass is 9.89. The van der Waals surface area contributed by atoms with Crippen molar-refractivity contribution in [3.63, 3.8) is 0 Å². The van der Waals surface area contributed by atoms with Gasteiger partial charge in [-0.05, 0) is 63.9 Å². The van der Waals surface area contributed by atoms with Crippen LogP contribution in [0.4, 0.5) is 0 Å². The molecule has 0 spiro atoms. The molecule has 0 atom stereocenters. The van der Waals surface area contributed by atoms with Crippen LogP contribution in [0, 0.1) is 0 Å². The van der Waals surface area contributed by atoms with Crippen molar-refractivity contribution in [2.45, 2.75) is 32.6 Å². The van der Waals surface area contributed by atoms with Crippen LogP contribution in [-0.4, -0.2) is 26.3 Å². The van der Waals surface area contributed by atoms with E-state index in [1.807, 2.05) is 26.0 Å². The molecule has 0 radical (unpaired) electrons. The van der Waals surface area contributed by atoms with E-state index in [-0.39, 0.29) is 0 Å². The summed E-state index contributed by atoms with van der Waals surface area (Å²) in [4.78, 5) is 0. The highest BCUT2D eigenvalue weighted by molar-refractivity contribution is 5.42. The van der Waals surface area contributed by atoms with E-state index in [0.29, 0.717) is 19.1 Å². The van der Waals surface area contributed by atoms with Crippen LogP contribution in [0.1, 0.15) is 38.2 Å². The largest absolute Gasteiger partial charge is 0.494 e. The van der Waals surface area contributed by atoms with Crippen molar-refractivity contribution in [3.8, 4) is 11.5 Å². The van der Waals surface area contributed by atoms with Crippen molar-refractivity contribution >= 4 is 0 Å². The van der Waals surface area contributed by atoms with E-state index in [1.165, 1.54) is 18.4 Å². The van der Waals surface area contributed by atoms with E-state index in [2.05, 4.69) is 11.4 Å². The molecule has 1 aliphatic rings. The molecule has 0 aromatic heterocycles. The zero-order valence-electron chi connectivity index (χ0n) is 11.4. The zero-order valence-corrected chi connectivity index (χ0v) is 11.4. The fourth-order valence-corrected chi connectivity index (χ4v) is 2.52. The maximum absolute atomic E-state index is 5.75. The molecule has 18 heavy (non-hydrogen) atoms. The molecule has 2 rings (SSSR count). The van der Waals surface area contributed by atoms with Gasteiger partial charge >= 0.3 is 0 Å². The van der Waals surface area contributed by atoms with Crippen LogP contribution in [0.3, 0.4) is 0 Å². The minimum Gasteiger partial charge on any atom is -0.494 e. The second-order valence-corrected chi connectivity index (χ2v) is 4.59. The summed E-state index contributed by atoms with van der Waals surface area (Å²) in [6.45, 7) is 7.65. The number of hydrogen-bond acceptors (Lipinski definition) is 3. The summed E-state index contributed by atoms with van der Waals surface area (Å²) in [6, 6.07) is 6.20. The molecule has 0 amide bonds. The van der Waals surface area contributed by atoms with Gasteiger partial charge in [0.1, 0.15) is 11.5 Å². The second-order valence-electron chi connectivity index (χ2n) is 4.59. The third-order valence-corrected chi connectivity index (χ3v) is 3.37. The number of ether oxygens (including phenoxy) is 2. The summed E-state index contributed by atoms with van der Waals surface area (Å²) in [6.07, 6.45) is 2.35. The molecule has 1 N–H and O–H groups in total. The highest BCUT2D eigenvalue weighted by Crippen LogP contribution is 2.35. The van der Waals surface area contributed by atoms with Crippen molar-refractivity contribution in [2.75, 3.05) is 26.3 Å². The Balaban J connectivity index is 2.23. The van der Waals surface area contributed by atoms with Gasteiger partial charge in [-0.25, -0.2) is 0 Å². The Morgan fingerprint density at radius 1 is 1.11 bits per heavy atom. The van der Waals surface area contributed by atoms with E-state index in [9.17, 15) is 0 Å². The van der Waals surface area contributed by atoms with Gasteiger partial charge in [0.15, 0.2) is 0 Å². The van der Waals surface area contributed by atoms with Crippen molar-refractivity contribution in [1.29, 1.82) is 0 Å². The maximum atomic E-state index is 5.75. The average molecular weight is 249 g/mol. The second kappa shape index (κ2) is 6.64. The molecular formula is C15H23NO2. The van der Waals surface area contributed by atoms with Crippen LogP contribution < -0.4 is 14.8 Å². The van der Waals surface area contributed by atoms with E-state index >= 15 is 0 Å². The Hall–Kier alpha value is -1.22. The first kappa shape index (κ1) is 13.2. The average Bonchev–Trinajstić information content (AvgIpc) is 2.42. The standard InChI is InChI=1S/C15H23NO2/c1-3-17-13-5-6-15(18-4-2)14(11-13)12-7-9-16-10-8-12/h5-6,11-12,16H,3-4,7-10H2,1-2H3. The Morgan fingerprint density at radius 3 is 2.50 bits per heavy atom. The van der Waals surface area contributed by atoms with Gasteiger partial charge in [-0.3, -0.25) is 0 Å². The lowest BCUT2D eigenvalue weighted by Crippen LogP contribution is -2.26. The molecule has 100 valence electrons. The number of hydrogen-bond donors (Lipinski definition) is 1. The minimum absolute atomic E-state index is 0.591. The minimum atomic E-state index is 0.591. The Labute approximate surface area is 109 Å². The molecule has 1 aliphatic heterocycles. The molecule has 1 heterocycles. The Morgan fingerprint density at radius 2 is 1.83 bits per heavy atom. The SMILES string of the molecule is CCOc1ccc(OCC)c(C2CCNCC2)c1. The quantitative estimate of drug-likeness (QED) is 0.870.